The smallest absolute Gasteiger partial charge is 0.251 e. The van der Waals surface area contributed by atoms with Gasteiger partial charge in [0.25, 0.3) is 5.91 Å². The molecule has 1 aromatic carbocycles. The summed E-state index contributed by atoms with van der Waals surface area (Å²) in [5.74, 6) is 1.56. The topological polar surface area (TPSA) is 103 Å². The number of methoxy groups -OCH3 is 1. The van der Waals surface area contributed by atoms with E-state index < -0.39 is 5.54 Å². The molecule has 1 aromatic heterocycles. The zero-order chi connectivity index (χ0) is 27.6. The molecule has 2 amide bonds. The number of nitrogens with one attached hydrogen (secondary N) is 2. The molecular formula is C28H41N7O3. The second-order valence-corrected chi connectivity index (χ2v) is 11.3. The van der Waals surface area contributed by atoms with Gasteiger partial charge in [0.1, 0.15) is 17.5 Å². The molecule has 1 atom stereocenters. The number of likely N-dealkylation sites (N-methyl/N-ethyl adjacent to an activating group) is 2. The Morgan fingerprint density at radius 2 is 1.92 bits per heavy atom. The Hall–Kier alpha value is -3.40. The fourth-order valence-electron chi connectivity index (χ4n) is 5.67. The number of aromatic nitrogens is 2. The van der Waals surface area contributed by atoms with Crippen LogP contribution in [0, 0.1) is 0 Å². The van der Waals surface area contributed by atoms with E-state index in [9.17, 15) is 9.59 Å². The third-order valence-corrected chi connectivity index (χ3v) is 7.30. The highest BCUT2D eigenvalue weighted by atomic mass is 16.5. The third-order valence-electron chi connectivity index (χ3n) is 7.30. The number of ether oxygens (including phenoxy) is 1. The van der Waals surface area contributed by atoms with Gasteiger partial charge in [-0.1, -0.05) is 19.3 Å². The number of hydrogen-bond acceptors (Lipinski definition) is 8. The van der Waals surface area contributed by atoms with Crippen molar-refractivity contribution >= 4 is 35.0 Å². The van der Waals surface area contributed by atoms with E-state index in [2.05, 4.69) is 20.5 Å². The first-order chi connectivity index (χ1) is 18.0. The second-order valence-electron chi connectivity index (χ2n) is 11.3. The number of amides is 2. The van der Waals surface area contributed by atoms with E-state index in [1.165, 1.54) is 6.42 Å². The minimum absolute atomic E-state index is 0.0525. The first kappa shape index (κ1) is 27.6. The molecule has 206 valence electrons. The molecule has 0 saturated heterocycles. The number of rotatable bonds is 8. The number of hydrogen-bond donors (Lipinski definition) is 2. The molecule has 0 bridgehead atoms. The molecule has 38 heavy (non-hydrogen) atoms. The Balaban J connectivity index is 1.59. The maximum Gasteiger partial charge on any atom is 0.251 e. The first-order valence-corrected chi connectivity index (χ1v) is 13.4. The van der Waals surface area contributed by atoms with E-state index in [1.54, 1.807) is 43.5 Å². The van der Waals surface area contributed by atoms with Crippen LogP contribution in [0.25, 0.3) is 0 Å². The molecule has 2 aliphatic rings. The predicted octanol–water partition coefficient (Wildman–Crippen LogP) is 3.80. The lowest BCUT2D eigenvalue weighted by Crippen LogP contribution is -2.55. The Kier molecular flexibility index (Phi) is 8.10. The lowest BCUT2D eigenvalue weighted by molar-refractivity contribution is -0.119. The van der Waals surface area contributed by atoms with Gasteiger partial charge >= 0.3 is 0 Å². The average molecular weight is 524 g/mol. The molecule has 10 nitrogen and oxygen atoms in total. The van der Waals surface area contributed by atoms with Gasteiger partial charge in [0.15, 0.2) is 5.82 Å². The number of nitrogens with zero attached hydrogens (tertiary/aromatic N) is 5. The van der Waals surface area contributed by atoms with Gasteiger partial charge in [-0.15, -0.1) is 0 Å². The van der Waals surface area contributed by atoms with Crippen LogP contribution in [0.1, 0.15) is 63.2 Å². The van der Waals surface area contributed by atoms with Crippen LogP contribution in [-0.4, -0.2) is 79.1 Å². The van der Waals surface area contributed by atoms with Crippen LogP contribution < -0.4 is 25.2 Å². The van der Waals surface area contributed by atoms with Crippen molar-refractivity contribution in [2.24, 2.45) is 0 Å². The van der Waals surface area contributed by atoms with Gasteiger partial charge < -0.3 is 30.1 Å². The highest BCUT2D eigenvalue weighted by Crippen LogP contribution is 2.39. The minimum Gasteiger partial charge on any atom is -0.495 e. The Bertz CT molecular complexity index is 1180. The molecule has 1 saturated carbocycles. The number of carbonyl (C=O) groups excluding carboxylic acids is 2. The average Bonchev–Trinajstić information content (AvgIpc) is 2.87. The molecular weight excluding hydrogens is 482 g/mol. The summed E-state index contributed by atoms with van der Waals surface area (Å²) < 4.78 is 5.61. The van der Waals surface area contributed by atoms with Crippen molar-refractivity contribution in [1.29, 1.82) is 0 Å². The lowest BCUT2D eigenvalue weighted by Gasteiger charge is -2.44. The summed E-state index contributed by atoms with van der Waals surface area (Å²) in [5.41, 5.74) is 1.47. The van der Waals surface area contributed by atoms with Crippen molar-refractivity contribution in [1.82, 2.24) is 20.2 Å². The zero-order valence-electron chi connectivity index (χ0n) is 23.7. The van der Waals surface area contributed by atoms with Crippen molar-refractivity contribution in [3.05, 3.63) is 30.0 Å². The maximum absolute atomic E-state index is 13.0. The molecule has 0 unspecified atom stereocenters. The molecule has 1 aliphatic carbocycles. The van der Waals surface area contributed by atoms with E-state index in [0.717, 1.165) is 31.5 Å². The normalized spacial score (nSPS) is 18.4. The summed E-state index contributed by atoms with van der Waals surface area (Å²) in [4.78, 5) is 41.2. The molecule has 0 radical (unpaired) electrons. The van der Waals surface area contributed by atoms with Gasteiger partial charge in [-0.05, 0) is 65.9 Å². The minimum atomic E-state index is -0.391. The maximum atomic E-state index is 13.0. The zero-order valence-corrected chi connectivity index (χ0v) is 23.7. The Morgan fingerprint density at radius 1 is 1.21 bits per heavy atom. The van der Waals surface area contributed by atoms with E-state index in [0.29, 0.717) is 35.2 Å². The summed E-state index contributed by atoms with van der Waals surface area (Å²) in [6.07, 6.45) is 7.36. The molecule has 0 spiro atoms. The van der Waals surface area contributed by atoms with Crippen LogP contribution in [0.5, 0.6) is 5.75 Å². The molecule has 1 fully saturated rings. The summed E-state index contributed by atoms with van der Waals surface area (Å²) in [5, 5.41) is 6.35. The summed E-state index contributed by atoms with van der Waals surface area (Å²) in [6, 6.07) is 5.26. The number of carbonyl (C=O) groups is 2. The Morgan fingerprint density at radius 3 is 2.58 bits per heavy atom. The van der Waals surface area contributed by atoms with Crippen molar-refractivity contribution in [2.75, 3.05) is 49.9 Å². The summed E-state index contributed by atoms with van der Waals surface area (Å²) >= 11 is 0. The molecule has 2 heterocycles. The van der Waals surface area contributed by atoms with Gasteiger partial charge in [0.2, 0.25) is 11.9 Å². The van der Waals surface area contributed by atoms with Crippen LogP contribution in [0.15, 0.2) is 24.4 Å². The number of fused-ring (bicyclic) bond motifs is 1. The van der Waals surface area contributed by atoms with Gasteiger partial charge in [-0.25, -0.2) is 4.98 Å². The van der Waals surface area contributed by atoms with Crippen molar-refractivity contribution in [3.8, 4) is 5.75 Å². The molecule has 10 heteroatoms. The highest BCUT2D eigenvalue weighted by molar-refractivity contribution is 6.04. The van der Waals surface area contributed by atoms with Crippen LogP contribution in [-0.2, 0) is 4.79 Å². The van der Waals surface area contributed by atoms with Crippen LogP contribution >= 0.6 is 0 Å². The molecule has 4 rings (SSSR count). The number of benzene rings is 1. The van der Waals surface area contributed by atoms with Crippen LogP contribution in [0.2, 0.25) is 0 Å². The molecule has 1 aliphatic heterocycles. The Labute approximate surface area is 225 Å². The standard InChI is InChI=1S/C28H41N7O3/c1-18-26(37)34(6)22-16-29-27(31-24(22)35(18)20-11-9-8-10-12-20)30-21-14-13-19(15-23(21)38-7)25(36)32-28(2,3)17-33(4)5/h13-16,18,20H,8-12,17H2,1-7H3,(H,32,36)(H,29,30,31)/t18-/m1/s1. The van der Waals surface area contributed by atoms with E-state index in [1.807, 2.05) is 39.8 Å². The van der Waals surface area contributed by atoms with Crippen molar-refractivity contribution in [3.63, 3.8) is 0 Å². The monoisotopic (exact) mass is 523 g/mol. The predicted molar refractivity (Wildman–Crippen MR) is 151 cm³/mol. The summed E-state index contributed by atoms with van der Waals surface area (Å²) in [6.45, 7) is 6.66. The third kappa shape index (κ3) is 5.85. The van der Waals surface area contributed by atoms with Gasteiger partial charge in [-0.2, -0.15) is 4.98 Å². The molecule has 2 aromatic rings. The fourth-order valence-corrected chi connectivity index (χ4v) is 5.67. The lowest BCUT2D eigenvalue weighted by atomic mass is 9.92. The molecule has 2 N–H and O–H groups in total. The second kappa shape index (κ2) is 11.1. The van der Waals surface area contributed by atoms with Crippen LogP contribution in [0.4, 0.5) is 23.1 Å². The quantitative estimate of drug-likeness (QED) is 0.539. The van der Waals surface area contributed by atoms with E-state index >= 15 is 0 Å². The van der Waals surface area contributed by atoms with Crippen LogP contribution in [0.3, 0.4) is 0 Å². The van der Waals surface area contributed by atoms with Gasteiger partial charge in [0, 0.05) is 30.7 Å². The number of anilines is 4. The van der Waals surface area contributed by atoms with Gasteiger partial charge in [-0.3, -0.25) is 9.59 Å². The van der Waals surface area contributed by atoms with Crippen molar-refractivity contribution < 1.29 is 14.3 Å². The van der Waals surface area contributed by atoms with E-state index in [4.69, 9.17) is 9.72 Å². The van der Waals surface area contributed by atoms with E-state index in [-0.39, 0.29) is 23.9 Å². The first-order valence-electron chi connectivity index (χ1n) is 13.4. The largest absolute Gasteiger partial charge is 0.495 e. The fraction of sp³-hybridized carbons (Fsp3) is 0.571. The highest BCUT2D eigenvalue weighted by Gasteiger charge is 2.39. The SMILES string of the molecule is COc1cc(C(=O)NC(C)(C)CN(C)C)ccc1Nc1ncc2c(n1)N(C1CCCCC1)[C@H](C)C(=O)N2C. The van der Waals surface area contributed by atoms with Crippen molar-refractivity contribution in [2.45, 2.75) is 70.5 Å². The van der Waals surface area contributed by atoms with Gasteiger partial charge in [0.05, 0.1) is 19.0 Å². The summed E-state index contributed by atoms with van der Waals surface area (Å²) in [7, 11) is 7.30.